The van der Waals surface area contributed by atoms with Crippen molar-refractivity contribution in [2.24, 2.45) is 0 Å². The quantitative estimate of drug-likeness (QED) is 0.783. The standard InChI is InChI=1S/C13H17NO2/c15-13(10-11-4-2-1-3-5-11)16-12-6-8-14-9-7-12/h1-5,12,14H,6-10H2. The van der Waals surface area contributed by atoms with E-state index in [4.69, 9.17) is 4.74 Å². The molecule has 0 spiro atoms. The molecular formula is C13H17NO2. The zero-order chi connectivity index (χ0) is 11.2. The molecule has 3 nitrogen and oxygen atoms in total. The molecule has 1 N–H and O–H groups in total. The van der Waals surface area contributed by atoms with Crippen molar-refractivity contribution in [3.8, 4) is 0 Å². The normalized spacial score (nSPS) is 17.0. The van der Waals surface area contributed by atoms with Crippen LogP contribution in [0.15, 0.2) is 30.3 Å². The predicted octanol–water partition coefficient (Wildman–Crippen LogP) is 1.52. The van der Waals surface area contributed by atoms with E-state index in [0.717, 1.165) is 31.5 Å². The topological polar surface area (TPSA) is 38.3 Å². The molecule has 0 amide bonds. The Kier molecular flexibility index (Phi) is 3.94. The largest absolute Gasteiger partial charge is 0.462 e. The van der Waals surface area contributed by atoms with Gasteiger partial charge in [0.2, 0.25) is 0 Å². The van der Waals surface area contributed by atoms with E-state index in [0.29, 0.717) is 6.42 Å². The fourth-order valence-corrected chi connectivity index (χ4v) is 1.90. The molecule has 3 heteroatoms. The number of rotatable bonds is 3. The molecule has 1 fully saturated rings. The van der Waals surface area contributed by atoms with Gasteiger partial charge in [0.1, 0.15) is 6.10 Å². The summed E-state index contributed by atoms with van der Waals surface area (Å²) in [5.74, 6) is -0.113. The molecule has 0 radical (unpaired) electrons. The van der Waals surface area contributed by atoms with Gasteiger partial charge >= 0.3 is 5.97 Å². The summed E-state index contributed by atoms with van der Waals surface area (Å²) < 4.78 is 5.42. The molecule has 0 atom stereocenters. The number of carbonyl (C=O) groups excluding carboxylic acids is 1. The molecular weight excluding hydrogens is 202 g/mol. The summed E-state index contributed by atoms with van der Waals surface area (Å²) in [6, 6.07) is 9.72. The van der Waals surface area contributed by atoms with Crippen LogP contribution >= 0.6 is 0 Å². The molecule has 2 rings (SSSR count). The molecule has 1 saturated heterocycles. The molecule has 0 saturated carbocycles. The average Bonchev–Trinajstić information content (AvgIpc) is 2.31. The van der Waals surface area contributed by atoms with Gasteiger partial charge in [0.05, 0.1) is 6.42 Å². The van der Waals surface area contributed by atoms with Crippen LogP contribution in [0.5, 0.6) is 0 Å². The lowest BCUT2D eigenvalue weighted by atomic mass is 10.1. The zero-order valence-electron chi connectivity index (χ0n) is 9.32. The monoisotopic (exact) mass is 219 g/mol. The molecule has 0 unspecified atom stereocenters. The van der Waals surface area contributed by atoms with Crippen molar-refractivity contribution in [2.75, 3.05) is 13.1 Å². The van der Waals surface area contributed by atoms with Crippen LogP contribution < -0.4 is 5.32 Å². The number of nitrogens with one attached hydrogen (secondary N) is 1. The lowest BCUT2D eigenvalue weighted by molar-refractivity contribution is -0.149. The molecule has 1 aromatic carbocycles. The van der Waals surface area contributed by atoms with Crippen molar-refractivity contribution >= 4 is 5.97 Å². The molecule has 0 aliphatic carbocycles. The van der Waals surface area contributed by atoms with E-state index >= 15 is 0 Å². The van der Waals surface area contributed by atoms with Crippen LogP contribution in [-0.4, -0.2) is 25.2 Å². The van der Waals surface area contributed by atoms with Crippen molar-refractivity contribution in [1.29, 1.82) is 0 Å². The Balaban J connectivity index is 1.80. The van der Waals surface area contributed by atoms with Crippen molar-refractivity contribution in [3.05, 3.63) is 35.9 Å². The maximum Gasteiger partial charge on any atom is 0.310 e. The van der Waals surface area contributed by atoms with Gasteiger partial charge in [-0.15, -0.1) is 0 Å². The summed E-state index contributed by atoms with van der Waals surface area (Å²) in [7, 11) is 0. The van der Waals surface area contributed by atoms with Crippen LogP contribution in [-0.2, 0) is 16.0 Å². The zero-order valence-corrected chi connectivity index (χ0v) is 9.32. The maximum atomic E-state index is 11.6. The van der Waals surface area contributed by atoms with E-state index in [-0.39, 0.29) is 12.1 Å². The number of esters is 1. The van der Waals surface area contributed by atoms with Gasteiger partial charge in [0.25, 0.3) is 0 Å². The van der Waals surface area contributed by atoms with Gasteiger partial charge in [-0.05, 0) is 31.5 Å². The van der Waals surface area contributed by atoms with Crippen LogP contribution in [0.2, 0.25) is 0 Å². The number of carbonyl (C=O) groups is 1. The first-order valence-corrected chi connectivity index (χ1v) is 5.79. The second-order valence-corrected chi connectivity index (χ2v) is 4.10. The summed E-state index contributed by atoms with van der Waals surface area (Å²) in [5.41, 5.74) is 1.02. The first-order valence-electron chi connectivity index (χ1n) is 5.79. The highest BCUT2D eigenvalue weighted by molar-refractivity contribution is 5.72. The van der Waals surface area contributed by atoms with E-state index < -0.39 is 0 Å². The molecule has 16 heavy (non-hydrogen) atoms. The van der Waals surface area contributed by atoms with Crippen molar-refractivity contribution in [3.63, 3.8) is 0 Å². The van der Waals surface area contributed by atoms with Gasteiger partial charge in [-0.3, -0.25) is 4.79 Å². The summed E-state index contributed by atoms with van der Waals surface area (Å²) in [6.07, 6.45) is 2.35. The summed E-state index contributed by atoms with van der Waals surface area (Å²) >= 11 is 0. The Morgan fingerprint density at radius 3 is 2.62 bits per heavy atom. The summed E-state index contributed by atoms with van der Waals surface area (Å²) in [4.78, 5) is 11.6. The van der Waals surface area contributed by atoms with E-state index in [2.05, 4.69) is 5.32 Å². The SMILES string of the molecule is O=C(Cc1ccccc1)OC1CCNCC1. The van der Waals surface area contributed by atoms with Crippen molar-refractivity contribution in [1.82, 2.24) is 5.32 Å². The average molecular weight is 219 g/mol. The Hall–Kier alpha value is -1.35. The van der Waals surface area contributed by atoms with Crippen LogP contribution in [0.4, 0.5) is 0 Å². The molecule has 86 valence electrons. The number of hydrogen-bond donors (Lipinski definition) is 1. The van der Waals surface area contributed by atoms with Crippen LogP contribution in [0.3, 0.4) is 0 Å². The Morgan fingerprint density at radius 2 is 1.94 bits per heavy atom. The first-order chi connectivity index (χ1) is 7.84. The van der Waals surface area contributed by atoms with Crippen LogP contribution in [0.1, 0.15) is 18.4 Å². The second-order valence-electron chi connectivity index (χ2n) is 4.10. The number of hydrogen-bond acceptors (Lipinski definition) is 3. The highest BCUT2D eigenvalue weighted by Gasteiger charge is 2.17. The highest BCUT2D eigenvalue weighted by atomic mass is 16.5. The minimum Gasteiger partial charge on any atom is -0.462 e. The fraction of sp³-hybridized carbons (Fsp3) is 0.462. The third kappa shape index (κ3) is 3.35. The van der Waals surface area contributed by atoms with Gasteiger partial charge in [-0.2, -0.15) is 0 Å². The van der Waals surface area contributed by atoms with Crippen molar-refractivity contribution in [2.45, 2.75) is 25.4 Å². The molecule has 0 bridgehead atoms. The molecule has 1 heterocycles. The van der Waals surface area contributed by atoms with E-state index in [9.17, 15) is 4.79 Å². The van der Waals surface area contributed by atoms with E-state index in [1.807, 2.05) is 30.3 Å². The molecule has 0 aromatic heterocycles. The summed E-state index contributed by atoms with van der Waals surface area (Å²) in [5, 5.41) is 3.25. The lowest BCUT2D eigenvalue weighted by Crippen LogP contribution is -2.34. The Morgan fingerprint density at radius 1 is 1.25 bits per heavy atom. The second kappa shape index (κ2) is 5.66. The van der Waals surface area contributed by atoms with Crippen LogP contribution in [0, 0.1) is 0 Å². The first kappa shape index (κ1) is 11.1. The molecule has 1 aliphatic rings. The van der Waals surface area contributed by atoms with Crippen LogP contribution in [0.25, 0.3) is 0 Å². The molecule has 1 aromatic rings. The van der Waals surface area contributed by atoms with Crippen molar-refractivity contribution < 1.29 is 9.53 Å². The summed E-state index contributed by atoms with van der Waals surface area (Å²) in [6.45, 7) is 1.90. The Labute approximate surface area is 95.8 Å². The maximum absolute atomic E-state index is 11.6. The van der Waals surface area contributed by atoms with E-state index in [1.165, 1.54) is 0 Å². The number of benzene rings is 1. The minimum absolute atomic E-state index is 0.109. The predicted molar refractivity (Wildman–Crippen MR) is 62.1 cm³/mol. The number of ether oxygens (including phenoxy) is 1. The van der Waals surface area contributed by atoms with Gasteiger partial charge in [-0.1, -0.05) is 30.3 Å². The molecule has 1 aliphatic heterocycles. The number of piperidine rings is 1. The highest BCUT2D eigenvalue weighted by Crippen LogP contribution is 2.09. The lowest BCUT2D eigenvalue weighted by Gasteiger charge is -2.22. The van der Waals surface area contributed by atoms with Gasteiger partial charge < -0.3 is 10.1 Å². The third-order valence-corrected chi connectivity index (χ3v) is 2.78. The van der Waals surface area contributed by atoms with Gasteiger partial charge in [-0.25, -0.2) is 0 Å². The third-order valence-electron chi connectivity index (χ3n) is 2.78. The van der Waals surface area contributed by atoms with Gasteiger partial charge in [0, 0.05) is 0 Å². The smallest absolute Gasteiger partial charge is 0.310 e. The fourth-order valence-electron chi connectivity index (χ4n) is 1.90. The Bertz CT molecular complexity index is 331. The van der Waals surface area contributed by atoms with E-state index in [1.54, 1.807) is 0 Å². The minimum atomic E-state index is -0.113. The van der Waals surface area contributed by atoms with Gasteiger partial charge in [0.15, 0.2) is 0 Å².